The molecule has 6 nitrogen and oxygen atoms in total. The molecular weight excluding hydrogens is 384 g/mol. The van der Waals surface area contributed by atoms with Crippen LogP contribution in [0.2, 0.25) is 0 Å². The van der Waals surface area contributed by atoms with E-state index in [4.69, 9.17) is 0 Å². The number of fused-ring (bicyclic) bond motifs is 2. The minimum atomic E-state index is -0.273. The van der Waals surface area contributed by atoms with Crippen molar-refractivity contribution in [2.75, 3.05) is 26.2 Å². The van der Waals surface area contributed by atoms with E-state index in [-0.39, 0.29) is 11.5 Å². The summed E-state index contributed by atoms with van der Waals surface area (Å²) in [6, 6.07) is 15.6. The summed E-state index contributed by atoms with van der Waals surface area (Å²) in [6.07, 6.45) is 0. The van der Waals surface area contributed by atoms with Crippen LogP contribution in [0.25, 0.3) is 20.9 Å². The van der Waals surface area contributed by atoms with Crippen LogP contribution < -0.4 is 5.56 Å². The topological polar surface area (TPSA) is 69.3 Å². The van der Waals surface area contributed by atoms with Gasteiger partial charge < -0.3 is 4.90 Å². The normalized spacial score (nSPS) is 15.2. The number of aromatic nitrogens is 2. The number of H-pyrrole nitrogens is 1. The van der Waals surface area contributed by atoms with Gasteiger partial charge in [-0.05, 0) is 28.5 Å². The van der Waals surface area contributed by atoms with E-state index in [1.165, 1.54) is 15.6 Å². The summed E-state index contributed by atoms with van der Waals surface area (Å²) in [7, 11) is 0. The van der Waals surface area contributed by atoms with E-state index in [1.807, 2.05) is 11.0 Å². The minimum absolute atomic E-state index is 0.127. The number of carbonyl (C=O) groups excluding carboxylic acids is 1. The van der Waals surface area contributed by atoms with Gasteiger partial charge in [0.2, 0.25) is 0 Å². The van der Waals surface area contributed by atoms with Crippen LogP contribution in [0.15, 0.2) is 58.7 Å². The van der Waals surface area contributed by atoms with E-state index >= 15 is 0 Å². The number of aromatic amines is 1. The first-order valence-corrected chi connectivity index (χ1v) is 10.5. The Bertz CT molecular complexity index is 1250. The Kier molecular flexibility index (Phi) is 4.61. The van der Waals surface area contributed by atoms with Crippen molar-refractivity contribution >= 4 is 38.1 Å². The van der Waals surface area contributed by atoms with Gasteiger partial charge in [0.25, 0.3) is 11.5 Å². The predicted octanol–water partition coefficient (Wildman–Crippen LogP) is 3.10. The summed E-state index contributed by atoms with van der Waals surface area (Å²) >= 11 is 1.78. The molecular formula is C22H20N4O2S. The molecule has 0 aliphatic carbocycles. The predicted molar refractivity (Wildman–Crippen MR) is 115 cm³/mol. The molecule has 0 atom stereocenters. The first-order valence-electron chi connectivity index (χ1n) is 9.65. The number of nitrogens with zero attached hydrogens (tertiary/aromatic N) is 3. The van der Waals surface area contributed by atoms with Crippen LogP contribution in [0.3, 0.4) is 0 Å². The van der Waals surface area contributed by atoms with Gasteiger partial charge >= 0.3 is 0 Å². The third kappa shape index (κ3) is 3.32. The second kappa shape index (κ2) is 7.42. The molecule has 1 aliphatic rings. The fourth-order valence-corrected chi connectivity index (χ4v) is 4.89. The summed E-state index contributed by atoms with van der Waals surface area (Å²) in [6.45, 7) is 3.83. The Morgan fingerprint density at radius 3 is 2.45 bits per heavy atom. The van der Waals surface area contributed by atoms with Gasteiger partial charge in [-0.25, -0.2) is 5.10 Å². The van der Waals surface area contributed by atoms with Crippen LogP contribution in [0.4, 0.5) is 0 Å². The van der Waals surface area contributed by atoms with Gasteiger partial charge in [0.1, 0.15) is 0 Å². The number of amides is 1. The first-order chi connectivity index (χ1) is 14.2. The average molecular weight is 404 g/mol. The van der Waals surface area contributed by atoms with E-state index in [0.717, 1.165) is 19.6 Å². The molecule has 3 heterocycles. The molecule has 29 heavy (non-hydrogen) atoms. The van der Waals surface area contributed by atoms with Gasteiger partial charge in [0, 0.05) is 42.8 Å². The molecule has 4 aromatic rings. The maximum Gasteiger partial charge on any atom is 0.275 e. The van der Waals surface area contributed by atoms with E-state index in [9.17, 15) is 9.59 Å². The van der Waals surface area contributed by atoms with Gasteiger partial charge in [-0.15, -0.1) is 11.3 Å². The molecule has 2 aromatic carbocycles. The zero-order chi connectivity index (χ0) is 19.8. The van der Waals surface area contributed by atoms with E-state index in [2.05, 4.69) is 44.7 Å². The highest BCUT2D eigenvalue weighted by Crippen LogP contribution is 2.27. The molecule has 146 valence electrons. The summed E-state index contributed by atoms with van der Waals surface area (Å²) in [4.78, 5) is 29.2. The number of rotatable bonds is 3. The number of hydrogen-bond donors (Lipinski definition) is 1. The van der Waals surface area contributed by atoms with E-state index in [0.29, 0.717) is 29.6 Å². The van der Waals surface area contributed by atoms with Crippen molar-refractivity contribution in [2.45, 2.75) is 6.54 Å². The van der Waals surface area contributed by atoms with Gasteiger partial charge in [0.15, 0.2) is 5.69 Å². The highest BCUT2D eigenvalue weighted by atomic mass is 32.1. The lowest BCUT2D eigenvalue weighted by Gasteiger charge is -2.34. The molecule has 0 unspecified atom stereocenters. The van der Waals surface area contributed by atoms with Crippen LogP contribution in [0.1, 0.15) is 16.1 Å². The van der Waals surface area contributed by atoms with Gasteiger partial charge in [-0.3, -0.25) is 14.5 Å². The largest absolute Gasteiger partial charge is 0.335 e. The molecule has 1 aliphatic heterocycles. The zero-order valence-corrected chi connectivity index (χ0v) is 16.6. The third-order valence-electron chi connectivity index (χ3n) is 5.51. The SMILES string of the molecule is O=C(c1n[nH]c(=O)c2ccccc12)N1CCN(Cc2csc3ccccc23)CC1. The standard InChI is InChI=1S/C22H20N4O2S/c27-21-18-7-2-1-6-17(18)20(23-24-21)22(28)26-11-9-25(10-12-26)13-15-14-29-19-8-4-3-5-16(15)19/h1-8,14H,9-13H2,(H,24,27). The Labute approximate surface area is 171 Å². The monoisotopic (exact) mass is 404 g/mol. The van der Waals surface area contributed by atoms with Crippen LogP contribution in [-0.4, -0.2) is 52.1 Å². The molecule has 0 bridgehead atoms. The van der Waals surface area contributed by atoms with Crippen LogP contribution in [0.5, 0.6) is 0 Å². The Hall–Kier alpha value is -3.03. The molecule has 5 rings (SSSR count). The fraction of sp³-hybridized carbons (Fsp3) is 0.227. The lowest BCUT2D eigenvalue weighted by Crippen LogP contribution is -2.48. The van der Waals surface area contributed by atoms with Crippen molar-refractivity contribution < 1.29 is 4.79 Å². The second-order valence-corrected chi connectivity index (χ2v) is 8.18. The van der Waals surface area contributed by atoms with Crippen LogP contribution in [0, 0.1) is 0 Å². The first kappa shape index (κ1) is 18.0. The Morgan fingerprint density at radius 1 is 0.966 bits per heavy atom. The highest BCUT2D eigenvalue weighted by Gasteiger charge is 2.25. The van der Waals surface area contributed by atoms with Crippen molar-refractivity contribution in [1.82, 2.24) is 20.0 Å². The van der Waals surface area contributed by atoms with Crippen molar-refractivity contribution in [3.8, 4) is 0 Å². The molecule has 2 aromatic heterocycles. The molecule has 7 heteroatoms. The second-order valence-electron chi connectivity index (χ2n) is 7.27. The van der Waals surface area contributed by atoms with E-state index in [1.54, 1.807) is 29.5 Å². The lowest BCUT2D eigenvalue weighted by atomic mass is 10.1. The minimum Gasteiger partial charge on any atom is -0.335 e. The maximum atomic E-state index is 13.0. The number of thiophene rings is 1. The molecule has 1 saturated heterocycles. The quantitative estimate of drug-likeness (QED) is 0.570. The Balaban J connectivity index is 1.30. The number of piperazine rings is 1. The molecule has 1 fully saturated rings. The van der Waals surface area contributed by atoms with Crippen molar-refractivity contribution in [1.29, 1.82) is 0 Å². The Morgan fingerprint density at radius 2 is 1.66 bits per heavy atom. The summed E-state index contributed by atoms with van der Waals surface area (Å²) in [5, 5.41) is 11.2. The summed E-state index contributed by atoms with van der Waals surface area (Å²) in [5.41, 5.74) is 1.39. The van der Waals surface area contributed by atoms with Crippen LogP contribution in [-0.2, 0) is 6.54 Å². The molecule has 0 radical (unpaired) electrons. The van der Waals surface area contributed by atoms with Crippen molar-refractivity contribution in [3.63, 3.8) is 0 Å². The van der Waals surface area contributed by atoms with Gasteiger partial charge in [0.05, 0.1) is 5.39 Å². The number of hydrogen-bond acceptors (Lipinski definition) is 5. The smallest absolute Gasteiger partial charge is 0.275 e. The lowest BCUT2D eigenvalue weighted by molar-refractivity contribution is 0.0624. The van der Waals surface area contributed by atoms with Gasteiger partial charge in [-0.1, -0.05) is 36.4 Å². The summed E-state index contributed by atoms with van der Waals surface area (Å²) in [5.74, 6) is -0.127. The van der Waals surface area contributed by atoms with Crippen molar-refractivity contribution in [3.05, 3.63) is 75.5 Å². The average Bonchev–Trinajstić information content (AvgIpc) is 3.17. The number of benzene rings is 2. The molecule has 0 saturated carbocycles. The number of carbonyl (C=O) groups is 1. The van der Waals surface area contributed by atoms with Crippen LogP contribution >= 0.6 is 11.3 Å². The number of nitrogens with one attached hydrogen (secondary N) is 1. The fourth-order valence-electron chi connectivity index (χ4n) is 3.93. The third-order valence-corrected chi connectivity index (χ3v) is 6.53. The highest BCUT2D eigenvalue weighted by molar-refractivity contribution is 7.17. The van der Waals surface area contributed by atoms with Crippen molar-refractivity contribution in [2.24, 2.45) is 0 Å². The molecule has 1 amide bonds. The zero-order valence-electron chi connectivity index (χ0n) is 15.8. The molecule has 1 N–H and O–H groups in total. The maximum absolute atomic E-state index is 13.0. The molecule has 0 spiro atoms. The van der Waals surface area contributed by atoms with E-state index < -0.39 is 0 Å². The summed E-state index contributed by atoms with van der Waals surface area (Å²) < 4.78 is 1.31. The van der Waals surface area contributed by atoms with Gasteiger partial charge in [-0.2, -0.15) is 5.10 Å².